The van der Waals surface area contributed by atoms with Crippen LogP contribution in [0.3, 0.4) is 0 Å². The summed E-state index contributed by atoms with van der Waals surface area (Å²) in [7, 11) is 0. The Bertz CT molecular complexity index is 354. The van der Waals surface area contributed by atoms with Gasteiger partial charge in [-0.1, -0.05) is 0 Å². The smallest absolute Gasteiger partial charge is 0.360 e. The van der Waals surface area contributed by atoms with Crippen molar-refractivity contribution >= 4 is 23.7 Å². The normalized spacial score (nSPS) is 12.2. The number of oxazole rings is 1. The maximum absolute atomic E-state index is 11.3. The number of aromatic nitrogens is 1. The number of rotatable bonds is 7. The van der Waals surface area contributed by atoms with Crippen LogP contribution in [0.5, 0.6) is 0 Å². The molecule has 1 aromatic rings. The molecule has 0 saturated heterocycles. The van der Waals surface area contributed by atoms with Crippen LogP contribution in [0.15, 0.2) is 10.7 Å². The van der Waals surface area contributed by atoms with Gasteiger partial charge in [-0.05, 0) is 32.3 Å². The molecule has 0 aliphatic carbocycles. The van der Waals surface area contributed by atoms with E-state index in [9.17, 15) is 4.79 Å². The van der Waals surface area contributed by atoms with Gasteiger partial charge in [-0.3, -0.25) is 0 Å². The van der Waals surface area contributed by atoms with Crippen LogP contribution in [0, 0.1) is 0 Å². The largest absolute Gasteiger partial charge is 0.461 e. The number of ether oxygens (including phenoxy) is 1. The van der Waals surface area contributed by atoms with Crippen molar-refractivity contribution in [2.45, 2.75) is 26.3 Å². The molecule has 0 saturated carbocycles. The van der Waals surface area contributed by atoms with Gasteiger partial charge in [0.25, 0.3) is 6.01 Å². The number of carbonyl (C=O) groups is 1. The van der Waals surface area contributed by atoms with E-state index in [1.54, 1.807) is 18.7 Å². The molecule has 1 heterocycles. The lowest BCUT2D eigenvalue weighted by atomic mass is 10.3. The Hall–Kier alpha value is -1.17. The van der Waals surface area contributed by atoms with Crippen molar-refractivity contribution in [1.29, 1.82) is 0 Å². The van der Waals surface area contributed by atoms with E-state index >= 15 is 0 Å². The van der Waals surface area contributed by atoms with Crippen molar-refractivity contribution in [3.8, 4) is 0 Å². The van der Waals surface area contributed by atoms with E-state index in [4.69, 9.17) is 9.15 Å². The van der Waals surface area contributed by atoms with E-state index < -0.39 is 5.97 Å². The van der Waals surface area contributed by atoms with E-state index in [2.05, 4.69) is 16.6 Å². The predicted molar refractivity (Wildman–Crippen MR) is 68.5 cm³/mol. The minimum atomic E-state index is -0.457. The third-order valence-electron chi connectivity index (χ3n) is 2.11. The summed E-state index contributed by atoms with van der Waals surface area (Å²) in [4.78, 5) is 15.4. The van der Waals surface area contributed by atoms with E-state index in [0.29, 0.717) is 12.6 Å². The minimum Gasteiger partial charge on any atom is -0.461 e. The number of hydrogen-bond donors (Lipinski definition) is 1. The zero-order chi connectivity index (χ0) is 12.7. The molecule has 0 aliphatic rings. The molecule has 0 spiro atoms. The first kappa shape index (κ1) is 13.9. The molecular formula is C11H18N2O3S. The molecule has 0 fully saturated rings. The van der Waals surface area contributed by atoms with Crippen LogP contribution in [-0.4, -0.2) is 35.6 Å². The average Bonchev–Trinajstić information content (AvgIpc) is 2.75. The van der Waals surface area contributed by atoms with Crippen LogP contribution in [0.1, 0.15) is 30.8 Å². The van der Waals surface area contributed by atoms with Crippen molar-refractivity contribution in [3.05, 3.63) is 12.0 Å². The lowest BCUT2D eigenvalue weighted by molar-refractivity contribution is 0.0519. The molecule has 96 valence electrons. The summed E-state index contributed by atoms with van der Waals surface area (Å²) in [5.74, 6) is 0.612. The number of carbonyl (C=O) groups excluding carboxylic acids is 1. The van der Waals surface area contributed by atoms with Crippen LogP contribution in [0.2, 0.25) is 0 Å². The highest BCUT2D eigenvalue weighted by molar-refractivity contribution is 7.98. The van der Waals surface area contributed by atoms with Crippen LogP contribution in [-0.2, 0) is 4.74 Å². The second-order valence-electron chi connectivity index (χ2n) is 3.59. The molecule has 1 atom stereocenters. The van der Waals surface area contributed by atoms with Gasteiger partial charge in [-0.15, -0.1) is 0 Å². The first-order chi connectivity index (χ1) is 8.17. The second kappa shape index (κ2) is 7.21. The summed E-state index contributed by atoms with van der Waals surface area (Å²) in [6.07, 6.45) is 4.39. The molecule has 1 rings (SSSR count). The molecule has 0 aliphatic heterocycles. The predicted octanol–water partition coefficient (Wildman–Crippen LogP) is 2.40. The molecular weight excluding hydrogens is 240 g/mol. The van der Waals surface area contributed by atoms with Crippen LogP contribution >= 0.6 is 11.8 Å². The highest BCUT2D eigenvalue weighted by Crippen LogP contribution is 2.11. The van der Waals surface area contributed by atoms with E-state index in [1.807, 2.05) is 6.92 Å². The molecule has 0 aromatic carbocycles. The van der Waals surface area contributed by atoms with Crippen LogP contribution < -0.4 is 5.32 Å². The molecule has 0 amide bonds. The summed E-state index contributed by atoms with van der Waals surface area (Å²) in [6.45, 7) is 4.13. The topological polar surface area (TPSA) is 64.4 Å². The lowest BCUT2D eigenvalue weighted by Crippen LogP contribution is -2.16. The Balaban J connectivity index is 2.47. The Morgan fingerprint density at radius 1 is 1.71 bits per heavy atom. The fourth-order valence-corrected chi connectivity index (χ4v) is 1.81. The quantitative estimate of drug-likeness (QED) is 0.758. The van der Waals surface area contributed by atoms with E-state index in [0.717, 1.165) is 12.2 Å². The van der Waals surface area contributed by atoms with Gasteiger partial charge in [0.15, 0.2) is 5.69 Å². The first-order valence-electron chi connectivity index (χ1n) is 5.55. The standard InChI is InChI=1S/C11H18N2O3S/c1-4-15-10(14)9-7-16-11(13-9)12-8(2)5-6-17-3/h7-8H,4-6H2,1-3H3,(H,12,13). The third kappa shape index (κ3) is 4.68. The van der Waals surface area contributed by atoms with Crippen LogP contribution in [0.4, 0.5) is 6.01 Å². The Morgan fingerprint density at radius 3 is 3.12 bits per heavy atom. The highest BCUT2D eigenvalue weighted by atomic mass is 32.2. The van der Waals surface area contributed by atoms with Crippen molar-refractivity contribution in [2.75, 3.05) is 23.9 Å². The van der Waals surface area contributed by atoms with Crippen molar-refractivity contribution in [2.24, 2.45) is 0 Å². The highest BCUT2D eigenvalue weighted by Gasteiger charge is 2.14. The fourth-order valence-electron chi connectivity index (χ4n) is 1.22. The number of thioether (sulfide) groups is 1. The molecule has 5 nitrogen and oxygen atoms in total. The number of nitrogens with one attached hydrogen (secondary N) is 1. The average molecular weight is 258 g/mol. The van der Waals surface area contributed by atoms with E-state index in [-0.39, 0.29) is 11.7 Å². The van der Waals surface area contributed by atoms with Gasteiger partial charge in [0.2, 0.25) is 0 Å². The lowest BCUT2D eigenvalue weighted by Gasteiger charge is -2.10. The molecule has 1 unspecified atom stereocenters. The molecule has 6 heteroatoms. The van der Waals surface area contributed by atoms with Gasteiger partial charge < -0.3 is 14.5 Å². The summed E-state index contributed by atoms with van der Waals surface area (Å²) in [5.41, 5.74) is 0.200. The number of hydrogen-bond acceptors (Lipinski definition) is 6. The molecule has 1 N–H and O–H groups in total. The zero-order valence-corrected chi connectivity index (χ0v) is 11.2. The molecule has 17 heavy (non-hydrogen) atoms. The van der Waals surface area contributed by atoms with Crippen molar-refractivity contribution in [3.63, 3.8) is 0 Å². The SMILES string of the molecule is CCOC(=O)c1coc(NC(C)CCSC)n1. The second-order valence-corrected chi connectivity index (χ2v) is 4.57. The Labute approximate surface area is 105 Å². The van der Waals surface area contributed by atoms with Crippen LogP contribution in [0.25, 0.3) is 0 Å². The Kier molecular flexibility index (Phi) is 5.90. The van der Waals surface area contributed by atoms with Gasteiger partial charge in [-0.25, -0.2) is 4.79 Å². The summed E-state index contributed by atoms with van der Waals surface area (Å²) in [6, 6.07) is 0.623. The van der Waals surface area contributed by atoms with E-state index in [1.165, 1.54) is 6.26 Å². The van der Waals surface area contributed by atoms with Crippen molar-refractivity contribution in [1.82, 2.24) is 4.98 Å². The van der Waals surface area contributed by atoms with Gasteiger partial charge in [0.1, 0.15) is 6.26 Å². The van der Waals surface area contributed by atoms with Gasteiger partial charge >= 0.3 is 5.97 Å². The summed E-state index contributed by atoms with van der Waals surface area (Å²) < 4.78 is 9.97. The summed E-state index contributed by atoms with van der Waals surface area (Å²) >= 11 is 1.79. The Morgan fingerprint density at radius 2 is 2.47 bits per heavy atom. The number of anilines is 1. The van der Waals surface area contributed by atoms with Crippen molar-refractivity contribution < 1.29 is 13.9 Å². The molecule has 0 radical (unpaired) electrons. The van der Waals surface area contributed by atoms with Gasteiger partial charge in [0.05, 0.1) is 6.61 Å². The monoisotopic (exact) mass is 258 g/mol. The number of nitrogens with zero attached hydrogens (tertiary/aromatic N) is 1. The molecule has 0 bridgehead atoms. The first-order valence-corrected chi connectivity index (χ1v) is 6.94. The maximum Gasteiger partial charge on any atom is 0.360 e. The minimum absolute atomic E-state index is 0.200. The third-order valence-corrected chi connectivity index (χ3v) is 2.76. The zero-order valence-electron chi connectivity index (χ0n) is 10.4. The maximum atomic E-state index is 11.3. The summed E-state index contributed by atoms with van der Waals surface area (Å²) in [5, 5.41) is 3.10. The van der Waals surface area contributed by atoms with Gasteiger partial charge in [0, 0.05) is 6.04 Å². The molecule has 1 aromatic heterocycles. The fraction of sp³-hybridized carbons (Fsp3) is 0.636. The number of esters is 1. The van der Waals surface area contributed by atoms with Gasteiger partial charge in [-0.2, -0.15) is 16.7 Å².